The molecular formula is C17H25BrClN3O2Si. The number of nitrogens with zero attached hydrogens (tertiary/aromatic N) is 3. The fourth-order valence-corrected chi connectivity index (χ4v) is 3.54. The highest BCUT2D eigenvalue weighted by atomic mass is 79.9. The molecule has 2 aromatic rings. The average molecular weight is 447 g/mol. The molecule has 0 unspecified atom stereocenters. The summed E-state index contributed by atoms with van der Waals surface area (Å²) < 4.78 is 14.1. The van der Waals surface area contributed by atoms with E-state index in [0.717, 1.165) is 16.1 Å². The maximum absolute atomic E-state index is 6.32. The quantitative estimate of drug-likeness (QED) is 0.399. The molecule has 0 N–H and O–H groups in total. The van der Waals surface area contributed by atoms with E-state index in [2.05, 4.69) is 45.7 Å². The van der Waals surface area contributed by atoms with E-state index in [1.165, 1.54) is 0 Å². The fraction of sp³-hybridized carbons (Fsp3) is 0.529. The summed E-state index contributed by atoms with van der Waals surface area (Å²) >= 11 is 9.73. The van der Waals surface area contributed by atoms with E-state index in [1.54, 1.807) is 4.68 Å². The molecule has 1 heterocycles. The van der Waals surface area contributed by atoms with E-state index >= 15 is 0 Å². The van der Waals surface area contributed by atoms with Gasteiger partial charge in [-0.25, -0.2) is 0 Å². The van der Waals surface area contributed by atoms with E-state index in [4.69, 9.17) is 21.1 Å². The standard InChI is InChI=1S/C17H25BrClN3O2Si/c1-12(2)24-17-20-16(14-7-6-13(18)10-15(14)19)21-22(17)11-23-8-9-25(3,4)5/h6-7,10,12H,8-9,11H2,1-5H3. The van der Waals surface area contributed by atoms with Gasteiger partial charge in [-0.1, -0.05) is 47.2 Å². The molecule has 25 heavy (non-hydrogen) atoms. The van der Waals surface area contributed by atoms with Crippen LogP contribution >= 0.6 is 27.5 Å². The Bertz CT molecular complexity index is 716. The third-order valence-electron chi connectivity index (χ3n) is 3.36. The van der Waals surface area contributed by atoms with Crippen LogP contribution in [0, 0.1) is 0 Å². The highest BCUT2D eigenvalue weighted by molar-refractivity contribution is 9.10. The minimum Gasteiger partial charge on any atom is -0.461 e. The topological polar surface area (TPSA) is 49.2 Å². The number of hydrogen-bond donors (Lipinski definition) is 0. The summed E-state index contributed by atoms with van der Waals surface area (Å²) in [5.41, 5.74) is 0.763. The van der Waals surface area contributed by atoms with Gasteiger partial charge in [0, 0.05) is 24.7 Å². The van der Waals surface area contributed by atoms with E-state index in [1.807, 2.05) is 32.0 Å². The van der Waals surface area contributed by atoms with E-state index in [0.29, 0.717) is 30.2 Å². The molecular weight excluding hydrogens is 422 g/mol. The highest BCUT2D eigenvalue weighted by Crippen LogP contribution is 2.29. The van der Waals surface area contributed by atoms with Crippen LogP contribution in [0.2, 0.25) is 30.7 Å². The van der Waals surface area contributed by atoms with Crippen LogP contribution in [0.3, 0.4) is 0 Å². The fourth-order valence-electron chi connectivity index (χ4n) is 2.02. The summed E-state index contributed by atoms with van der Waals surface area (Å²) in [6.45, 7) is 11.9. The lowest BCUT2D eigenvalue weighted by molar-refractivity contribution is 0.0660. The van der Waals surface area contributed by atoms with Gasteiger partial charge in [-0.3, -0.25) is 0 Å². The average Bonchev–Trinajstić information content (AvgIpc) is 2.84. The van der Waals surface area contributed by atoms with Gasteiger partial charge in [-0.15, -0.1) is 5.10 Å². The van der Waals surface area contributed by atoms with Gasteiger partial charge in [0.25, 0.3) is 0 Å². The molecule has 0 spiro atoms. The first-order valence-electron chi connectivity index (χ1n) is 8.30. The zero-order valence-corrected chi connectivity index (χ0v) is 18.7. The van der Waals surface area contributed by atoms with Gasteiger partial charge in [-0.05, 0) is 38.1 Å². The summed E-state index contributed by atoms with van der Waals surface area (Å²) in [5, 5.41) is 5.11. The number of halogens is 2. The molecule has 0 saturated carbocycles. The zero-order chi connectivity index (χ0) is 18.6. The largest absolute Gasteiger partial charge is 0.461 e. The van der Waals surface area contributed by atoms with Gasteiger partial charge in [0.15, 0.2) is 5.82 Å². The highest BCUT2D eigenvalue weighted by Gasteiger charge is 2.17. The van der Waals surface area contributed by atoms with Crippen LogP contribution in [0.1, 0.15) is 13.8 Å². The molecule has 1 aromatic carbocycles. The van der Waals surface area contributed by atoms with Crippen LogP contribution in [-0.2, 0) is 11.5 Å². The molecule has 0 radical (unpaired) electrons. The Morgan fingerprint density at radius 1 is 1.28 bits per heavy atom. The first kappa shape index (κ1) is 20.4. The minimum atomic E-state index is -1.12. The molecule has 0 aliphatic heterocycles. The van der Waals surface area contributed by atoms with Gasteiger partial charge in [0.05, 0.1) is 11.1 Å². The maximum atomic E-state index is 6.32. The Morgan fingerprint density at radius 3 is 2.60 bits per heavy atom. The molecule has 0 bridgehead atoms. The van der Waals surface area contributed by atoms with Crippen molar-refractivity contribution in [3.63, 3.8) is 0 Å². The number of rotatable bonds is 8. The predicted molar refractivity (Wildman–Crippen MR) is 108 cm³/mol. The lowest BCUT2D eigenvalue weighted by Gasteiger charge is -2.15. The van der Waals surface area contributed by atoms with Crippen molar-refractivity contribution in [2.45, 2.75) is 52.4 Å². The third kappa shape index (κ3) is 6.40. The Morgan fingerprint density at radius 2 is 2.00 bits per heavy atom. The molecule has 0 saturated heterocycles. The third-order valence-corrected chi connectivity index (χ3v) is 5.87. The van der Waals surface area contributed by atoms with Crippen molar-refractivity contribution in [2.24, 2.45) is 0 Å². The van der Waals surface area contributed by atoms with Crippen molar-refractivity contribution >= 4 is 35.6 Å². The number of ether oxygens (including phenoxy) is 2. The van der Waals surface area contributed by atoms with Crippen molar-refractivity contribution in [3.05, 3.63) is 27.7 Å². The van der Waals surface area contributed by atoms with Gasteiger partial charge < -0.3 is 9.47 Å². The molecule has 0 atom stereocenters. The van der Waals surface area contributed by atoms with Gasteiger partial charge in [0.2, 0.25) is 0 Å². The number of aromatic nitrogens is 3. The molecule has 0 aliphatic carbocycles. The van der Waals surface area contributed by atoms with Crippen LogP contribution in [-0.4, -0.2) is 35.5 Å². The lowest BCUT2D eigenvalue weighted by atomic mass is 10.2. The van der Waals surface area contributed by atoms with Crippen LogP contribution in [0.25, 0.3) is 11.4 Å². The second kappa shape index (κ2) is 8.66. The Kier molecular flexibility index (Phi) is 7.07. The van der Waals surface area contributed by atoms with Crippen molar-refractivity contribution in [1.29, 1.82) is 0 Å². The monoisotopic (exact) mass is 445 g/mol. The van der Waals surface area contributed by atoms with Crippen LogP contribution < -0.4 is 4.74 Å². The van der Waals surface area contributed by atoms with Gasteiger partial charge in [-0.2, -0.15) is 9.67 Å². The summed E-state index contributed by atoms with van der Waals surface area (Å²) in [7, 11) is -1.12. The van der Waals surface area contributed by atoms with Crippen molar-refractivity contribution in [1.82, 2.24) is 14.8 Å². The van der Waals surface area contributed by atoms with E-state index < -0.39 is 8.07 Å². The number of benzene rings is 1. The lowest BCUT2D eigenvalue weighted by Crippen LogP contribution is -2.22. The second-order valence-corrected chi connectivity index (χ2v) is 14.3. The van der Waals surface area contributed by atoms with Gasteiger partial charge in [0.1, 0.15) is 6.73 Å². The maximum Gasteiger partial charge on any atom is 0.317 e. The Hall–Kier alpha value is -0.893. The van der Waals surface area contributed by atoms with Crippen molar-refractivity contribution in [2.75, 3.05) is 6.61 Å². The first-order valence-corrected chi connectivity index (χ1v) is 13.2. The van der Waals surface area contributed by atoms with Crippen molar-refractivity contribution < 1.29 is 9.47 Å². The number of hydrogen-bond acceptors (Lipinski definition) is 4. The van der Waals surface area contributed by atoms with E-state index in [9.17, 15) is 0 Å². The molecule has 138 valence electrons. The molecule has 8 heteroatoms. The molecule has 0 fully saturated rings. The van der Waals surface area contributed by atoms with Crippen LogP contribution in [0.15, 0.2) is 22.7 Å². The smallest absolute Gasteiger partial charge is 0.317 e. The molecule has 0 aliphatic rings. The molecule has 1 aromatic heterocycles. The van der Waals surface area contributed by atoms with Crippen LogP contribution in [0.4, 0.5) is 0 Å². The normalized spacial score (nSPS) is 12.0. The van der Waals surface area contributed by atoms with E-state index in [-0.39, 0.29) is 6.10 Å². The minimum absolute atomic E-state index is 0.00169. The summed E-state index contributed by atoms with van der Waals surface area (Å²) in [6.07, 6.45) is -0.00169. The Labute approximate surface area is 163 Å². The van der Waals surface area contributed by atoms with Crippen LogP contribution in [0.5, 0.6) is 6.01 Å². The second-order valence-electron chi connectivity index (χ2n) is 7.36. The van der Waals surface area contributed by atoms with Crippen molar-refractivity contribution in [3.8, 4) is 17.4 Å². The summed E-state index contributed by atoms with van der Waals surface area (Å²) in [5.74, 6) is 0.530. The first-order chi connectivity index (χ1) is 11.7. The zero-order valence-electron chi connectivity index (χ0n) is 15.3. The summed E-state index contributed by atoms with van der Waals surface area (Å²) in [6, 6.07) is 7.17. The van der Waals surface area contributed by atoms with Gasteiger partial charge >= 0.3 is 6.01 Å². The molecule has 5 nitrogen and oxygen atoms in total. The predicted octanol–water partition coefficient (Wildman–Crippen LogP) is 5.46. The summed E-state index contributed by atoms with van der Waals surface area (Å²) in [4.78, 5) is 4.50. The SMILES string of the molecule is CC(C)Oc1nc(-c2ccc(Br)cc2Cl)nn1COCC[Si](C)(C)C. The molecule has 2 rings (SSSR count). The molecule has 0 amide bonds. The Balaban J connectivity index is 2.18.